The van der Waals surface area contributed by atoms with Crippen molar-refractivity contribution in [2.45, 2.75) is 83.1 Å². The van der Waals surface area contributed by atoms with Crippen molar-refractivity contribution in [1.82, 2.24) is 15.1 Å². The van der Waals surface area contributed by atoms with Crippen LogP contribution in [0.15, 0.2) is 24.3 Å². The number of nitrogens with zero attached hydrogens (tertiary/aromatic N) is 2. The minimum Gasteiger partial charge on any atom is -0.351 e. The van der Waals surface area contributed by atoms with E-state index in [0.717, 1.165) is 56.1 Å². The van der Waals surface area contributed by atoms with Crippen LogP contribution < -0.4 is 5.32 Å². The average Bonchev–Trinajstić information content (AvgIpc) is 2.99. The van der Waals surface area contributed by atoms with Crippen molar-refractivity contribution in [3.8, 4) is 0 Å². The molecule has 1 saturated carbocycles. The highest BCUT2D eigenvalue weighted by Crippen LogP contribution is 2.39. The molecule has 1 aromatic heterocycles. The van der Waals surface area contributed by atoms with Crippen LogP contribution in [0.1, 0.15) is 97.6 Å². The monoisotopic (exact) mass is 397 g/mol. The van der Waals surface area contributed by atoms with Gasteiger partial charge in [-0.05, 0) is 63.1 Å². The lowest BCUT2D eigenvalue weighted by Gasteiger charge is -2.27. The molecule has 2 aromatic rings. The first-order valence-electron chi connectivity index (χ1n) is 11.3. The smallest absolute Gasteiger partial charge is 0.272 e. The molecule has 1 N–H and O–H groups in total. The molecule has 0 bridgehead atoms. The van der Waals surface area contributed by atoms with Crippen molar-refractivity contribution in [3.05, 3.63) is 52.6 Å². The lowest BCUT2D eigenvalue weighted by molar-refractivity contribution is 0.0948. The average molecular weight is 398 g/mol. The van der Waals surface area contributed by atoms with Crippen LogP contribution in [-0.2, 0) is 12.8 Å². The van der Waals surface area contributed by atoms with Gasteiger partial charge in [0.05, 0.1) is 6.04 Å². The molecule has 0 aliphatic heterocycles. The molecule has 0 spiro atoms. The van der Waals surface area contributed by atoms with Gasteiger partial charge in [0.1, 0.15) is 5.82 Å². The van der Waals surface area contributed by atoms with Crippen LogP contribution >= 0.6 is 0 Å². The van der Waals surface area contributed by atoms with Gasteiger partial charge < -0.3 is 5.32 Å². The van der Waals surface area contributed by atoms with E-state index in [1.807, 2.05) is 13.0 Å². The maximum Gasteiger partial charge on any atom is 0.272 e. The SMILES string of the molecule is CCNC(=O)c1nn(C2CCCCC2)c2c1CCCCC2Cc1cccc(F)c1. The number of rotatable bonds is 5. The summed E-state index contributed by atoms with van der Waals surface area (Å²) in [7, 11) is 0. The Kier molecular flexibility index (Phi) is 6.31. The molecule has 2 aliphatic carbocycles. The molecule has 1 unspecified atom stereocenters. The van der Waals surface area contributed by atoms with Crippen LogP contribution in [0.25, 0.3) is 0 Å². The molecular weight excluding hydrogens is 365 g/mol. The number of benzene rings is 1. The Hall–Kier alpha value is -2.17. The van der Waals surface area contributed by atoms with Crippen molar-refractivity contribution in [3.63, 3.8) is 0 Å². The highest BCUT2D eigenvalue weighted by atomic mass is 19.1. The molecule has 4 nitrogen and oxygen atoms in total. The minimum atomic E-state index is -0.180. The second kappa shape index (κ2) is 9.10. The Morgan fingerprint density at radius 2 is 1.97 bits per heavy atom. The van der Waals surface area contributed by atoms with E-state index in [1.54, 1.807) is 12.1 Å². The highest BCUT2D eigenvalue weighted by Gasteiger charge is 2.32. The standard InChI is InChI=1S/C24H32FN3O/c1-2-26-24(29)22-21-14-7-6-10-18(15-17-9-8-11-19(25)16-17)23(21)28(27-22)20-12-4-3-5-13-20/h8-9,11,16,18,20H,2-7,10,12-15H2,1H3,(H,26,29). The van der Waals surface area contributed by atoms with Crippen LogP contribution in [0.5, 0.6) is 0 Å². The van der Waals surface area contributed by atoms with Crippen LogP contribution in [0.4, 0.5) is 4.39 Å². The van der Waals surface area contributed by atoms with Crippen LogP contribution in [-0.4, -0.2) is 22.2 Å². The van der Waals surface area contributed by atoms with E-state index in [9.17, 15) is 9.18 Å². The number of fused-ring (bicyclic) bond motifs is 1. The van der Waals surface area contributed by atoms with E-state index in [4.69, 9.17) is 5.10 Å². The number of aromatic nitrogens is 2. The number of carbonyl (C=O) groups is 1. The van der Waals surface area contributed by atoms with E-state index < -0.39 is 0 Å². The fourth-order valence-electron chi connectivity index (χ4n) is 5.17. The molecule has 5 heteroatoms. The summed E-state index contributed by atoms with van der Waals surface area (Å²) in [5.74, 6) is 0.0526. The summed E-state index contributed by atoms with van der Waals surface area (Å²) >= 11 is 0. The summed E-state index contributed by atoms with van der Waals surface area (Å²) in [6.07, 6.45) is 11.0. The number of hydrogen-bond acceptors (Lipinski definition) is 2. The molecule has 156 valence electrons. The van der Waals surface area contributed by atoms with Crippen molar-refractivity contribution < 1.29 is 9.18 Å². The summed E-state index contributed by atoms with van der Waals surface area (Å²) in [6.45, 7) is 2.55. The molecule has 1 atom stereocenters. The van der Waals surface area contributed by atoms with Crippen molar-refractivity contribution in [2.75, 3.05) is 6.54 Å². The van der Waals surface area contributed by atoms with Gasteiger partial charge in [0.2, 0.25) is 0 Å². The number of amides is 1. The second-order valence-electron chi connectivity index (χ2n) is 8.59. The van der Waals surface area contributed by atoms with E-state index >= 15 is 0 Å². The van der Waals surface area contributed by atoms with Crippen molar-refractivity contribution >= 4 is 5.91 Å². The summed E-state index contributed by atoms with van der Waals surface area (Å²) in [4.78, 5) is 12.8. The Morgan fingerprint density at radius 3 is 2.72 bits per heavy atom. The number of halogens is 1. The number of carbonyl (C=O) groups excluding carboxylic acids is 1. The van der Waals surface area contributed by atoms with Gasteiger partial charge in [-0.15, -0.1) is 0 Å². The molecule has 0 saturated heterocycles. The second-order valence-corrected chi connectivity index (χ2v) is 8.59. The lowest BCUT2D eigenvalue weighted by Crippen LogP contribution is -2.24. The summed E-state index contributed by atoms with van der Waals surface area (Å²) < 4.78 is 16.0. The Morgan fingerprint density at radius 1 is 1.17 bits per heavy atom. The first-order valence-corrected chi connectivity index (χ1v) is 11.3. The van der Waals surface area contributed by atoms with Crippen LogP contribution in [0, 0.1) is 5.82 Å². The minimum absolute atomic E-state index is 0.0512. The van der Waals surface area contributed by atoms with Gasteiger partial charge in [0.15, 0.2) is 5.69 Å². The van der Waals surface area contributed by atoms with E-state index in [1.165, 1.54) is 31.0 Å². The molecule has 0 radical (unpaired) electrons. The third kappa shape index (κ3) is 4.39. The van der Waals surface area contributed by atoms with Gasteiger partial charge in [0.25, 0.3) is 5.91 Å². The maximum atomic E-state index is 13.8. The zero-order valence-electron chi connectivity index (χ0n) is 17.4. The van der Waals surface area contributed by atoms with Gasteiger partial charge >= 0.3 is 0 Å². The summed E-state index contributed by atoms with van der Waals surface area (Å²) in [6, 6.07) is 7.34. The largest absolute Gasteiger partial charge is 0.351 e. The first-order chi connectivity index (χ1) is 14.2. The lowest BCUT2D eigenvalue weighted by atomic mass is 9.89. The molecule has 2 aliphatic rings. The predicted molar refractivity (Wildman–Crippen MR) is 113 cm³/mol. The number of hydrogen-bond donors (Lipinski definition) is 1. The van der Waals surface area contributed by atoms with Gasteiger partial charge in [-0.2, -0.15) is 5.10 Å². The quantitative estimate of drug-likeness (QED) is 0.693. The third-order valence-corrected chi connectivity index (χ3v) is 6.51. The molecule has 1 aromatic carbocycles. The Bertz CT molecular complexity index is 854. The van der Waals surface area contributed by atoms with Crippen molar-refractivity contribution in [2.24, 2.45) is 0 Å². The van der Waals surface area contributed by atoms with Gasteiger partial charge in [-0.25, -0.2) is 4.39 Å². The van der Waals surface area contributed by atoms with Crippen molar-refractivity contribution in [1.29, 1.82) is 0 Å². The van der Waals surface area contributed by atoms with Gasteiger partial charge in [0, 0.05) is 23.7 Å². The van der Waals surface area contributed by atoms with Gasteiger partial charge in [-0.3, -0.25) is 9.48 Å². The maximum absolute atomic E-state index is 13.8. The third-order valence-electron chi connectivity index (χ3n) is 6.51. The topological polar surface area (TPSA) is 46.9 Å². The zero-order chi connectivity index (χ0) is 20.2. The van der Waals surface area contributed by atoms with Gasteiger partial charge in [-0.1, -0.05) is 37.8 Å². The first kappa shape index (κ1) is 20.1. The molecule has 4 rings (SSSR count). The Balaban J connectivity index is 1.76. The fraction of sp³-hybridized carbons (Fsp3) is 0.583. The molecular formula is C24H32FN3O. The summed E-state index contributed by atoms with van der Waals surface area (Å²) in [5.41, 5.74) is 4.04. The van der Waals surface area contributed by atoms with Crippen LogP contribution in [0.3, 0.4) is 0 Å². The molecule has 1 fully saturated rings. The Labute approximate surface area is 172 Å². The molecule has 1 heterocycles. The zero-order valence-corrected chi connectivity index (χ0v) is 17.4. The summed E-state index contributed by atoms with van der Waals surface area (Å²) in [5, 5.41) is 7.87. The predicted octanol–water partition coefficient (Wildman–Crippen LogP) is 5.33. The molecule has 1 amide bonds. The highest BCUT2D eigenvalue weighted by molar-refractivity contribution is 5.94. The molecule has 29 heavy (non-hydrogen) atoms. The fourth-order valence-corrected chi connectivity index (χ4v) is 5.17. The van der Waals surface area contributed by atoms with E-state index in [0.29, 0.717) is 18.3 Å². The van der Waals surface area contributed by atoms with E-state index in [2.05, 4.69) is 10.00 Å². The number of nitrogens with one attached hydrogen (secondary N) is 1. The van der Waals surface area contributed by atoms with E-state index in [-0.39, 0.29) is 17.6 Å². The normalized spacial score (nSPS) is 20.1. The van der Waals surface area contributed by atoms with Crippen LogP contribution in [0.2, 0.25) is 0 Å².